The minimum absolute atomic E-state index is 0.0182. The van der Waals surface area contributed by atoms with Gasteiger partial charge in [0.1, 0.15) is 24.1 Å². The molecule has 45 heavy (non-hydrogen) atoms. The lowest BCUT2D eigenvalue weighted by atomic mass is 10.0. The molecule has 4 aromatic rings. The van der Waals surface area contributed by atoms with Crippen LogP contribution in [0.2, 0.25) is 0 Å². The van der Waals surface area contributed by atoms with E-state index in [1.54, 1.807) is 17.0 Å². The number of sulfone groups is 1. The Morgan fingerprint density at radius 1 is 1.20 bits per heavy atom. The van der Waals surface area contributed by atoms with Crippen LogP contribution < -0.4 is 15.8 Å². The number of anilines is 1. The van der Waals surface area contributed by atoms with E-state index in [9.17, 15) is 27.5 Å². The number of halogens is 2. The molecule has 3 N–H and O–H groups in total. The SMILES string of the molecule is C#CCN(Cc1cc2c(=O)[nH]c(CO)nc2cc1C)c1ccc(C(=O)C(c2ccc(F)cc2)S(=O)(=O)C2CNCCO2)c(F)c1. The van der Waals surface area contributed by atoms with Crippen molar-refractivity contribution in [3.8, 4) is 12.3 Å². The smallest absolute Gasteiger partial charge is 0.258 e. The van der Waals surface area contributed by atoms with Gasteiger partial charge in [0.15, 0.2) is 26.3 Å². The number of aryl methyl sites for hydroxylation is 1. The molecule has 1 aromatic heterocycles. The van der Waals surface area contributed by atoms with E-state index in [2.05, 4.69) is 21.2 Å². The fourth-order valence-electron chi connectivity index (χ4n) is 5.26. The first-order valence-electron chi connectivity index (χ1n) is 14.0. The standard InChI is InChI=1S/C32H30F2N4O6S/c1-3-11-38(17-21-14-25-27(13-19(21)2)36-28(18-39)37-32(25)41)23-8-9-24(26(34)15-23)30(40)31(20-4-6-22(33)7-5-20)45(42,43)29-16-35-10-12-44-29/h1,4-9,13-15,29,31,35,39H,10-12,16-18H2,2H3,(H,36,37,41). The molecule has 10 nitrogen and oxygen atoms in total. The number of aliphatic hydroxyl groups is 1. The fraction of sp³-hybridized carbons (Fsp3) is 0.281. The first-order chi connectivity index (χ1) is 21.5. The third-order valence-corrected chi connectivity index (χ3v) is 9.77. The number of hydrogen-bond donors (Lipinski definition) is 3. The molecule has 2 atom stereocenters. The maximum atomic E-state index is 15.8. The number of nitrogens with zero attached hydrogens (tertiary/aromatic N) is 2. The van der Waals surface area contributed by atoms with Crippen LogP contribution in [-0.4, -0.2) is 61.0 Å². The van der Waals surface area contributed by atoms with Gasteiger partial charge < -0.3 is 25.0 Å². The van der Waals surface area contributed by atoms with Crippen molar-refractivity contribution in [2.24, 2.45) is 0 Å². The summed E-state index contributed by atoms with van der Waals surface area (Å²) in [4.78, 5) is 34.8. The number of terminal acetylenes is 1. The van der Waals surface area contributed by atoms with Crippen LogP contribution in [0.15, 0.2) is 59.4 Å². The lowest BCUT2D eigenvalue weighted by molar-refractivity contribution is 0.0767. The van der Waals surface area contributed by atoms with E-state index in [-0.39, 0.29) is 37.6 Å². The van der Waals surface area contributed by atoms with Crippen LogP contribution in [0.3, 0.4) is 0 Å². The van der Waals surface area contributed by atoms with Crippen molar-refractivity contribution in [3.05, 3.63) is 105 Å². The van der Waals surface area contributed by atoms with Crippen LogP contribution in [0.4, 0.5) is 14.5 Å². The minimum atomic E-state index is -4.37. The molecular formula is C32H30F2N4O6S. The zero-order valence-corrected chi connectivity index (χ0v) is 25.0. The Balaban J connectivity index is 1.49. The van der Waals surface area contributed by atoms with E-state index < -0.39 is 55.7 Å². The summed E-state index contributed by atoms with van der Waals surface area (Å²) in [6.45, 7) is 2.08. The number of Topliss-reactive ketones (excluding diaryl/α,β-unsaturated/α-hetero) is 1. The molecule has 13 heteroatoms. The lowest BCUT2D eigenvalue weighted by Gasteiger charge is -2.28. The Morgan fingerprint density at radius 3 is 2.60 bits per heavy atom. The second kappa shape index (κ2) is 13.3. The highest BCUT2D eigenvalue weighted by atomic mass is 32.2. The average molecular weight is 637 g/mol. The summed E-state index contributed by atoms with van der Waals surface area (Å²) in [5.41, 5.74) is -0.0943. The van der Waals surface area contributed by atoms with Crippen molar-refractivity contribution in [3.63, 3.8) is 0 Å². The molecule has 1 saturated heterocycles. The van der Waals surface area contributed by atoms with E-state index in [1.165, 1.54) is 24.3 Å². The van der Waals surface area contributed by atoms with Gasteiger partial charge in [0, 0.05) is 25.3 Å². The number of aliphatic hydroxyl groups excluding tert-OH is 1. The van der Waals surface area contributed by atoms with Crippen LogP contribution >= 0.6 is 0 Å². The predicted octanol–water partition coefficient (Wildman–Crippen LogP) is 2.93. The molecule has 234 valence electrons. The van der Waals surface area contributed by atoms with Gasteiger partial charge in [-0.25, -0.2) is 22.2 Å². The molecule has 5 rings (SSSR count). The number of carbonyl (C=O) groups excluding carboxylic acids is 1. The molecular weight excluding hydrogens is 606 g/mol. The van der Waals surface area contributed by atoms with Gasteiger partial charge in [0.05, 0.1) is 29.6 Å². The summed E-state index contributed by atoms with van der Waals surface area (Å²) >= 11 is 0. The Morgan fingerprint density at radius 2 is 1.96 bits per heavy atom. The Kier molecular flexibility index (Phi) is 9.40. The lowest BCUT2D eigenvalue weighted by Crippen LogP contribution is -2.45. The highest BCUT2D eigenvalue weighted by molar-refractivity contribution is 7.92. The molecule has 1 aliphatic rings. The topological polar surface area (TPSA) is 142 Å². The van der Waals surface area contributed by atoms with E-state index >= 15 is 4.39 Å². The monoisotopic (exact) mass is 636 g/mol. The zero-order valence-electron chi connectivity index (χ0n) is 24.2. The summed E-state index contributed by atoms with van der Waals surface area (Å²) in [6.07, 6.45) is 5.62. The molecule has 0 aliphatic carbocycles. The average Bonchev–Trinajstić information content (AvgIpc) is 3.02. The third kappa shape index (κ3) is 6.64. The zero-order chi connectivity index (χ0) is 32.3. The van der Waals surface area contributed by atoms with Gasteiger partial charge in [0.2, 0.25) is 0 Å². The number of carbonyl (C=O) groups is 1. The Labute approximate surface area is 258 Å². The third-order valence-electron chi connectivity index (χ3n) is 7.59. The predicted molar refractivity (Wildman–Crippen MR) is 164 cm³/mol. The quantitative estimate of drug-likeness (QED) is 0.177. The molecule has 3 aromatic carbocycles. The molecule has 2 heterocycles. The van der Waals surface area contributed by atoms with Gasteiger partial charge in [0.25, 0.3) is 5.56 Å². The van der Waals surface area contributed by atoms with E-state index in [0.29, 0.717) is 28.7 Å². The van der Waals surface area contributed by atoms with E-state index in [0.717, 1.165) is 23.8 Å². The molecule has 0 spiro atoms. The van der Waals surface area contributed by atoms with Crippen molar-refractivity contribution in [2.75, 3.05) is 31.1 Å². The van der Waals surface area contributed by atoms with Crippen LogP contribution in [-0.2, 0) is 27.7 Å². The summed E-state index contributed by atoms with van der Waals surface area (Å²) in [5, 5.41) is 10.7. The first-order valence-corrected chi connectivity index (χ1v) is 15.6. The number of aromatic nitrogens is 2. The van der Waals surface area contributed by atoms with Crippen LogP contribution in [0.1, 0.15) is 38.1 Å². The summed E-state index contributed by atoms with van der Waals surface area (Å²) in [5.74, 6) is 0.0352. The minimum Gasteiger partial charge on any atom is -0.388 e. The van der Waals surface area contributed by atoms with Gasteiger partial charge >= 0.3 is 0 Å². The summed E-state index contributed by atoms with van der Waals surface area (Å²) < 4.78 is 62.2. The van der Waals surface area contributed by atoms with Crippen molar-refractivity contribution in [1.29, 1.82) is 0 Å². The van der Waals surface area contributed by atoms with Crippen LogP contribution in [0.5, 0.6) is 0 Å². The number of rotatable bonds is 10. The van der Waals surface area contributed by atoms with Crippen molar-refractivity contribution in [2.45, 2.75) is 30.8 Å². The molecule has 0 saturated carbocycles. The highest BCUT2D eigenvalue weighted by Crippen LogP contribution is 2.33. The Hall–Kier alpha value is -4.48. The number of fused-ring (bicyclic) bond motifs is 1. The van der Waals surface area contributed by atoms with E-state index in [4.69, 9.17) is 11.2 Å². The highest BCUT2D eigenvalue weighted by Gasteiger charge is 2.42. The fourth-order valence-corrected chi connectivity index (χ4v) is 7.16. The normalized spacial score (nSPS) is 15.8. The molecule has 0 radical (unpaired) electrons. The van der Waals surface area contributed by atoms with E-state index in [1.807, 2.05) is 6.92 Å². The number of ketones is 1. The van der Waals surface area contributed by atoms with Crippen LogP contribution in [0.25, 0.3) is 10.9 Å². The molecule has 0 bridgehead atoms. The summed E-state index contributed by atoms with van der Waals surface area (Å²) in [6, 6.07) is 11.5. The number of benzene rings is 3. The number of aromatic amines is 1. The largest absolute Gasteiger partial charge is 0.388 e. The second-order valence-electron chi connectivity index (χ2n) is 10.6. The maximum Gasteiger partial charge on any atom is 0.258 e. The number of ether oxygens (including phenoxy) is 1. The van der Waals surface area contributed by atoms with Crippen molar-refractivity contribution in [1.82, 2.24) is 15.3 Å². The summed E-state index contributed by atoms with van der Waals surface area (Å²) in [7, 11) is -4.37. The van der Waals surface area contributed by atoms with Gasteiger partial charge in [-0.1, -0.05) is 18.1 Å². The number of hydrogen-bond acceptors (Lipinski definition) is 9. The van der Waals surface area contributed by atoms with Crippen molar-refractivity contribution < 1.29 is 31.8 Å². The molecule has 2 unspecified atom stereocenters. The molecule has 1 aliphatic heterocycles. The number of H-pyrrole nitrogens is 1. The van der Waals surface area contributed by atoms with Gasteiger partial charge in [-0.05, 0) is 66.1 Å². The van der Waals surface area contributed by atoms with Gasteiger partial charge in [-0.3, -0.25) is 9.59 Å². The Bertz CT molecular complexity index is 1950. The van der Waals surface area contributed by atoms with Crippen molar-refractivity contribution >= 4 is 32.2 Å². The number of nitrogens with one attached hydrogen (secondary N) is 2. The van der Waals surface area contributed by atoms with Gasteiger partial charge in [-0.2, -0.15) is 0 Å². The van der Waals surface area contributed by atoms with Crippen LogP contribution in [0, 0.1) is 30.9 Å². The molecule has 0 amide bonds. The maximum absolute atomic E-state index is 15.8. The first kappa shape index (κ1) is 31.9. The van der Waals surface area contributed by atoms with Gasteiger partial charge in [-0.15, -0.1) is 6.42 Å². The number of morpholine rings is 1. The second-order valence-corrected chi connectivity index (χ2v) is 12.8. The molecule has 1 fully saturated rings.